The Bertz CT molecular complexity index is 923. The van der Waals surface area contributed by atoms with Crippen LogP contribution in [0, 0.1) is 5.82 Å². The highest BCUT2D eigenvalue weighted by atomic mass is 19.1. The summed E-state index contributed by atoms with van der Waals surface area (Å²) in [6.45, 7) is 0. The van der Waals surface area contributed by atoms with Gasteiger partial charge in [-0.2, -0.15) is 4.98 Å². The van der Waals surface area contributed by atoms with Crippen molar-refractivity contribution in [2.24, 2.45) is 0 Å². The second-order valence-corrected chi connectivity index (χ2v) is 4.91. The highest BCUT2D eigenvalue weighted by molar-refractivity contribution is 5.97. The molecule has 4 N–H and O–H groups in total. The Hall–Kier alpha value is -3.42. The number of nitrogens with zero attached hydrogens (tertiary/aromatic N) is 2. The largest absolute Gasteiger partial charge is 0.478 e. The van der Waals surface area contributed by atoms with Gasteiger partial charge >= 0.3 is 5.97 Å². The lowest BCUT2D eigenvalue weighted by atomic mass is 10.1. The van der Waals surface area contributed by atoms with Crippen LogP contribution >= 0.6 is 0 Å². The summed E-state index contributed by atoms with van der Waals surface area (Å²) in [6, 6.07) is 9.19. The molecular formula is C16H13FN4O3. The third kappa shape index (κ3) is 2.54. The first-order chi connectivity index (χ1) is 11.5. The molecule has 0 bridgehead atoms. The normalized spacial score (nSPS) is 10.6. The van der Waals surface area contributed by atoms with E-state index < -0.39 is 11.8 Å². The van der Waals surface area contributed by atoms with Gasteiger partial charge in [-0.05, 0) is 24.3 Å². The van der Waals surface area contributed by atoms with Gasteiger partial charge in [0.1, 0.15) is 0 Å². The maximum absolute atomic E-state index is 14.3. The Morgan fingerprint density at radius 1 is 1.25 bits per heavy atom. The lowest BCUT2D eigenvalue weighted by Crippen LogP contribution is -2.04. The maximum atomic E-state index is 14.3. The van der Waals surface area contributed by atoms with Gasteiger partial charge in [0.2, 0.25) is 5.82 Å². The van der Waals surface area contributed by atoms with Crippen molar-refractivity contribution >= 4 is 17.3 Å². The SMILES string of the molecule is CNc1cccc(-c2nc(-c3cccc(C(=O)O)c3N)no2)c1F. The average molecular weight is 328 g/mol. The summed E-state index contributed by atoms with van der Waals surface area (Å²) >= 11 is 0. The zero-order valence-corrected chi connectivity index (χ0v) is 12.6. The van der Waals surface area contributed by atoms with Gasteiger partial charge in [0, 0.05) is 12.6 Å². The summed E-state index contributed by atoms with van der Waals surface area (Å²) in [5, 5.41) is 15.6. The number of rotatable bonds is 4. The molecule has 0 atom stereocenters. The van der Waals surface area contributed by atoms with E-state index in [4.69, 9.17) is 15.4 Å². The molecule has 0 fully saturated rings. The van der Waals surface area contributed by atoms with Crippen LogP contribution in [0.3, 0.4) is 0 Å². The summed E-state index contributed by atoms with van der Waals surface area (Å²) in [4.78, 5) is 15.3. The van der Waals surface area contributed by atoms with Crippen LogP contribution in [-0.2, 0) is 0 Å². The number of carboxylic acid groups (broad SMARTS) is 1. The van der Waals surface area contributed by atoms with Gasteiger partial charge in [-0.15, -0.1) is 0 Å². The second-order valence-electron chi connectivity index (χ2n) is 4.91. The Morgan fingerprint density at radius 3 is 2.67 bits per heavy atom. The molecule has 0 aliphatic carbocycles. The van der Waals surface area contributed by atoms with E-state index in [0.29, 0.717) is 11.3 Å². The number of nitrogens with two attached hydrogens (primary N) is 1. The van der Waals surface area contributed by atoms with E-state index in [0.717, 1.165) is 0 Å². The van der Waals surface area contributed by atoms with Crippen molar-refractivity contribution in [1.29, 1.82) is 0 Å². The van der Waals surface area contributed by atoms with E-state index in [-0.39, 0.29) is 28.5 Å². The van der Waals surface area contributed by atoms with Crippen molar-refractivity contribution in [1.82, 2.24) is 10.1 Å². The topological polar surface area (TPSA) is 114 Å². The summed E-state index contributed by atoms with van der Waals surface area (Å²) in [5.41, 5.74) is 6.53. The number of anilines is 2. The van der Waals surface area contributed by atoms with Gasteiger partial charge in [0.25, 0.3) is 5.89 Å². The molecule has 0 aliphatic heterocycles. The van der Waals surface area contributed by atoms with Gasteiger partial charge in [0.15, 0.2) is 5.82 Å². The molecule has 122 valence electrons. The number of para-hydroxylation sites is 1. The number of hydrogen-bond acceptors (Lipinski definition) is 6. The molecule has 0 unspecified atom stereocenters. The van der Waals surface area contributed by atoms with Crippen LogP contribution in [0.25, 0.3) is 22.8 Å². The minimum absolute atomic E-state index is 0.0156. The zero-order valence-electron chi connectivity index (χ0n) is 12.6. The number of nitrogen functional groups attached to an aromatic ring is 1. The lowest BCUT2D eigenvalue weighted by molar-refractivity contribution is 0.0698. The Morgan fingerprint density at radius 2 is 1.96 bits per heavy atom. The third-order valence-corrected chi connectivity index (χ3v) is 3.50. The quantitative estimate of drug-likeness (QED) is 0.631. The molecule has 3 rings (SSSR count). The fraction of sp³-hybridized carbons (Fsp3) is 0.0625. The number of halogens is 1. The molecule has 0 saturated heterocycles. The Labute approximate surface area is 135 Å². The molecular weight excluding hydrogens is 315 g/mol. The standard InChI is InChI=1S/C16H13FN4O3/c1-19-11-7-3-4-8(12(11)17)15-20-14(21-24-15)9-5-2-6-10(13(9)18)16(22)23/h2-7,19H,18H2,1H3,(H,22,23). The Kier molecular flexibility index (Phi) is 3.87. The van der Waals surface area contributed by atoms with Crippen molar-refractivity contribution in [3.8, 4) is 22.8 Å². The van der Waals surface area contributed by atoms with Crippen LogP contribution in [0.4, 0.5) is 15.8 Å². The fourth-order valence-electron chi connectivity index (χ4n) is 2.28. The number of aromatic nitrogens is 2. The predicted molar refractivity (Wildman–Crippen MR) is 86.0 cm³/mol. The first-order valence-electron chi connectivity index (χ1n) is 6.95. The maximum Gasteiger partial charge on any atom is 0.337 e. The van der Waals surface area contributed by atoms with Crippen LogP contribution in [0.5, 0.6) is 0 Å². The predicted octanol–water partition coefficient (Wildman–Crippen LogP) is 2.86. The minimum atomic E-state index is -1.16. The van der Waals surface area contributed by atoms with Gasteiger partial charge in [-0.3, -0.25) is 0 Å². The molecule has 0 aliphatic rings. The van der Waals surface area contributed by atoms with E-state index >= 15 is 0 Å². The smallest absolute Gasteiger partial charge is 0.337 e. The zero-order chi connectivity index (χ0) is 17.3. The fourth-order valence-corrected chi connectivity index (χ4v) is 2.28. The van der Waals surface area contributed by atoms with E-state index in [1.165, 1.54) is 18.2 Å². The van der Waals surface area contributed by atoms with Gasteiger partial charge in [0.05, 0.1) is 22.5 Å². The molecule has 0 radical (unpaired) electrons. The number of nitrogens with one attached hydrogen (secondary N) is 1. The molecule has 2 aromatic carbocycles. The summed E-state index contributed by atoms with van der Waals surface area (Å²) < 4.78 is 19.4. The molecule has 24 heavy (non-hydrogen) atoms. The Balaban J connectivity index is 2.07. The highest BCUT2D eigenvalue weighted by Crippen LogP contribution is 2.31. The van der Waals surface area contributed by atoms with Crippen molar-refractivity contribution in [2.75, 3.05) is 18.1 Å². The summed E-state index contributed by atoms with van der Waals surface area (Å²) in [7, 11) is 1.60. The van der Waals surface area contributed by atoms with E-state index in [1.54, 1.807) is 25.2 Å². The molecule has 0 spiro atoms. The monoisotopic (exact) mass is 328 g/mol. The van der Waals surface area contributed by atoms with Crippen LogP contribution in [0.1, 0.15) is 10.4 Å². The molecule has 1 aromatic heterocycles. The third-order valence-electron chi connectivity index (χ3n) is 3.50. The van der Waals surface area contributed by atoms with Crippen LogP contribution in [0.15, 0.2) is 40.9 Å². The summed E-state index contributed by atoms with van der Waals surface area (Å²) in [6.07, 6.45) is 0. The lowest BCUT2D eigenvalue weighted by Gasteiger charge is -2.04. The van der Waals surface area contributed by atoms with E-state index in [1.807, 2.05) is 0 Å². The van der Waals surface area contributed by atoms with Crippen molar-refractivity contribution in [2.45, 2.75) is 0 Å². The van der Waals surface area contributed by atoms with Crippen LogP contribution in [0.2, 0.25) is 0 Å². The minimum Gasteiger partial charge on any atom is -0.478 e. The van der Waals surface area contributed by atoms with E-state index in [2.05, 4.69) is 15.5 Å². The second kappa shape index (κ2) is 5.99. The van der Waals surface area contributed by atoms with Gasteiger partial charge in [-0.25, -0.2) is 9.18 Å². The van der Waals surface area contributed by atoms with Gasteiger partial charge < -0.3 is 20.7 Å². The molecule has 1 heterocycles. The van der Waals surface area contributed by atoms with Gasteiger partial charge in [-0.1, -0.05) is 17.3 Å². The molecule has 0 saturated carbocycles. The number of benzene rings is 2. The summed E-state index contributed by atoms with van der Waals surface area (Å²) in [5.74, 6) is -1.63. The van der Waals surface area contributed by atoms with Crippen molar-refractivity contribution < 1.29 is 18.8 Å². The number of carboxylic acids is 1. The first-order valence-corrected chi connectivity index (χ1v) is 6.95. The average Bonchev–Trinajstić information content (AvgIpc) is 3.04. The number of carbonyl (C=O) groups is 1. The molecule has 7 nitrogen and oxygen atoms in total. The first kappa shape index (κ1) is 15.5. The molecule has 8 heteroatoms. The van der Waals surface area contributed by atoms with Crippen LogP contribution in [-0.4, -0.2) is 28.3 Å². The van der Waals surface area contributed by atoms with Crippen molar-refractivity contribution in [3.63, 3.8) is 0 Å². The molecule has 0 amide bonds. The number of hydrogen-bond donors (Lipinski definition) is 3. The highest BCUT2D eigenvalue weighted by Gasteiger charge is 2.19. The van der Waals surface area contributed by atoms with Crippen LogP contribution < -0.4 is 11.1 Å². The number of aromatic carboxylic acids is 1. The molecule has 3 aromatic rings. The van der Waals surface area contributed by atoms with E-state index in [9.17, 15) is 9.18 Å². The van der Waals surface area contributed by atoms with Crippen molar-refractivity contribution in [3.05, 3.63) is 47.8 Å².